The minimum absolute atomic E-state index is 0.0475. The summed E-state index contributed by atoms with van der Waals surface area (Å²) in [7, 11) is 0. The third-order valence-electron chi connectivity index (χ3n) is 2.80. The van der Waals surface area contributed by atoms with E-state index in [1.807, 2.05) is 0 Å². The first-order valence-corrected chi connectivity index (χ1v) is 6.97. The molecule has 0 unspecified atom stereocenters. The predicted molar refractivity (Wildman–Crippen MR) is 79.0 cm³/mol. The van der Waals surface area contributed by atoms with Crippen molar-refractivity contribution >= 4 is 28.9 Å². The minimum atomic E-state index is -1.12. The highest BCUT2D eigenvalue weighted by molar-refractivity contribution is 7.13. The lowest BCUT2D eigenvalue weighted by Gasteiger charge is -2.20. The Labute approximate surface area is 125 Å². The third-order valence-corrected chi connectivity index (χ3v) is 3.86. The zero-order valence-electron chi connectivity index (χ0n) is 11.5. The lowest BCUT2D eigenvalue weighted by atomic mass is 10.2. The van der Waals surface area contributed by atoms with Gasteiger partial charge in [-0.1, -0.05) is 0 Å². The molecule has 2 rings (SSSR count). The molecule has 1 heterocycles. The third kappa shape index (κ3) is 3.38. The number of hydrogen-bond donors (Lipinski definition) is 2. The molecule has 2 aromatic rings. The molecule has 0 saturated carbocycles. The number of aryl methyl sites for hydroxylation is 2. The molecule has 7 heteroatoms. The Morgan fingerprint density at radius 2 is 1.86 bits per heavy atom. The van der Waals surface area contributed by atoms with Crippen LogP contribution in [0.5, 0.6) is 5.75 Å². The van der Waals surface area contributed by atoms with Gasteiger partial charge < -0.3 is 10.2 Å². The molecule has 6 nitrogen and oxygen atoms in total. The summed E-state index contributed by atoms with van der Waals surface area (Å²) in [5.41, 5.74) is 0.988. The Balaban J connectivity index is 2.40. The summed E-state index contributed by atoms with van der Waals surface area (Å²) in [5, 5.41) is 19.1. The molecular formula is C14H14N2O4S. The quantitative estimate of drug-likeness (QED) is 0.903. The van der Waals surface area contributed by atoms with Crippen molar-refractivity contribution in [3.05, 3.63) is 39.8 Å². The van der Waals surface area contributed by atoms with Crippen molar-refractivity contribution in [2.75, 3.05) is 11.4 Å². The summed E-state index contributed by atoms with van der Waals surface area (Å²) in [6.07, 6.45) is 0. The van der Waals surface area contributed by atoms with Crippen LogP contribution in [0.2, 0.25) is 0 Å². The molecule has 21 heavy (non-hydrogen) atoms. The average molecular weight is 306 g/mol. The number of carbonyl (C=O) groups excluding carboxylic acids is 1. The normalized spacial score (nSPS) is 10.4. The molecule has 0 fully saturated rings. The zero-order chi connectivity index (χ0) is 15.6. The van der Waals surface area contributed by atoms with Gasteiger partial charge in [-0.05, 0) is 38.1 Å². The molecule has 0 atom stereocenters. The van der Waals surface area contributed by atoms with Crippen LogP contribution < -0.4 is 4.90 Å². The molecule has 0 aliphatic carbocycles. The van der Waals surface area contributed by atoms with Crippen LogP contribution in [0, 0.1) is 13.8 Å². The van der Waals surface area contributed by atoms with Gasteiger partial charge in [0, 0.05) is 5.69 Å². The summed E-state index contributed by atoms with van der Waals surface area (Å²) >= 11 is 1.23. The number of nitrogens with zero attached hydrogens (tertiary/aromatic N) is 2. The maximum absolute atomic E-state index is 12.6. The van der Waals surface area contributed by atoms with E-state index in [2.05, 4.69) is 4.98 Å². The molecule has 0 aliphatic rings. The summed E-state index contributed by atoms with van der Waals surface area (Å²) in [5.74, 6) is -1.48. The first-order valence-electron chi connectivity index (χ1n) is 6.15. The molecule has 0 aliphatic heterocycles. The second-order valence-electron chi connectivity index (χ2n) is 4.45. The minimum Gasteiger partial charge on any atom is -0.508 e. The summed E-state index contributed by atoms with van der Waals surface area (Å²) in [4.78, 5) is 29.3. The van der Waals surface area contributed by atoms with Gasteiger partial charge in [0.25, 0.3) is 5.91 Å². The summed E-state index contributed by atoms with van der Waals surface area (Å²) in [6, 6.07) is 5.81. The highest BCUT2D eigenvalue weighted by Crippen LogP contribution is 2.24. The van der Waals surface area contributed by atoms with Crippen LogP contribution in [0.3, 0.4) is 0 Å². The van der Waals surface area contributed by atoms with Gasteiger partial charge in [-0.15, -0.1) is 11.3 Å². The fourth-order valence-electron chi connectivity index (χ4n) is 1.90. The maximum atomic E-state index is 12.6. The van der Waals surface area contributed by atoms with E-state index in [1.54, 1.807) is 13.8 Å². The van der Waals surface area contributed by atoms with E-state index < -0.39 is 18.4 Å². The van der Waals surface area contributed by atoms with Gasteiger partial charge in [0.2, 0.25) is 0 Å². The number of carbonyl (C=O) groups is 2. The molecular weight excluding hydrogens is 292 g/mol. The number of benzene rings is 1. The van der Waals surface area contributed by atoms with Gasteiger partial charge in [-0.2, -0.15) is 0 Å². The molecule has 1 aromatic carbocycles. The van der Waals surface area contributed by atoms with Crippen LogP contribution in [0.1, 0.15) is 20.4 Å². The number of hydrogen-bond acceptors (Lipinski definition) is 5. The molecule has 0 saturated heterocycles. The Morgan fingerprint density at radius 3 is 2.33 bits per heavy atom. The van der Waals surface area contributed by atoms with Gasteiger partial charge in [-0.25, -0.2) is 4.98 Å². The highest BCUT2D eigenvalue weighted by Gasteiger charge is 2.24. The molecule has 110 valence electrons. The number of phenolic OH excluding ortho intramolecular Hbond substituents is 1. The number of carboxylic acid groups (broad SMARTS) is 1. The second-order valence-corrected chi connectivity index (χ2v) is 5.65. The van der Waals surface area contributed by atoms with E-state index >= 15 is 0 Å². The average Bonchev–Trinajstić information content (AvgIpc) is 2.75. The maximum Gasteiger partial charge on any atom is 0.323 e. The van der Waals surface area contributed by atoms with Crippen molar-refractivity contribution in [2.45, 2.75) is 13.8 Å². The van der Waals surface area contributed by atoms with Gasteiger partial charge in [0.15, 0.2) is 0 Å². The standard InChI is InChI=1S/C14H14N2O4S/c1-8-13(21-9(2)15-8)14(20)16(7-12(18)19)10-3-5-11(17)6-4-10/h3-6,17H,7H2,1-2H3,(H,18,19). The van der Waals surface area contributed by atoms with Crippen LogP contribution in [0.25, 0.3) is 0 Å². The first-order chi connectivity index (χ1) is 9.88. The molecule has 0 bridgehead atoms. The molecule has 2 N–H and O–H groups in total. The molecule has 0 spiro atoms. The van der Waals surface area contributed by atoms with Crippen molar-refractivity contribution in [1.82, 2.24) is 4.98 Å². The van der Waals surface area contributed by atoms with Gasteiger partial charge in [-0.3, -0.25) is 14.5 Å². The molecule has 1 aromatic heterocycles. The van der Waals surface area contributed by atoms with E-state index in [9.17, 15) is 14.7 Å². The Bertz CT molecular complexity index is 679. The van der Waals surface area contributed by atoms with Crippen molar-refractivity contribution < 1.29 is 19.8 Å². The summed E-state index contributed by atoms with van der Waals surface area (Å²) in [6.45, 7) is 3.04. The van der Waals surface area contributed by atoms with Gasteiger partial charge >= 0.3 is 5.97 Å². The zero-order valence-corrected chi connectivity index (χ0v) is 12.3. The van der Waals surface area contributed by atoms with Crippen molar-refractivity contribution in [2.24, 2.45) is 0 Å². The van der Waals surface area contributed by atoms with Crippen LogP contribution in [0.15, 0.2) is 24.3 Å². The van der Waals surface area contributed by atoms with E-state index in [0.29, 0.717) is 16.3 Å². The summed E-state index contributed by atoms with van der Waals surface area (Å²) < 4.78 is 0. The van der Waals surface area contributed by atoms with E-state index in [4.69, 9.17) is 5.11 Å². The van der Waals surface area contributed by atoms with E-state index in [1.165, 1.54) is 35.6 Å². The lowest BCUT2D eigenvalue weighted by Crippen LogP contribution is -2.35. The first kappa shape index (κ1) is 15.0. The number of aromatic nitrogens is 1. The van der Waals surface area contributed by atoms with Crippen molar-refractivity contribution in [1.29, 1.82) is 0 Å². The number of thiazole rings is 1. The largest absolute Gasteiger partial charge is 0.508 e. The van der Waals surface area contributed by atoms with E-state index in [-0.39, 0.29) is 5.75 Å². The van der Waals surface area contributed by atoms with Crippen LogP contribution in [0.4, 0.5) is 5.69 Å². The number of amides is 1. The number of aliphatic carboxylic acids is 1. The van der Waals surface area contributed by atoms with Crippen molar-refractivity contribution in [3.63, 3.8) is 0 Å². The fourth-order valence-corrected chi connectivity index (χ4v) is 2.77. The number of anilines is 1. The van der Waals surface area contributed by atoms with Crippen LogP contribution in [-0.2, 0) is 4.79 Å². The smallest absolute Gasteiger partial charge is 0.323 e. The Morgan fingerprint density at radius 1 is 1.24 bits per heavy atom. The van der Waals surface area contributed by atoms with Crippen LogP contribution in [-0.4, -0.2) is 33.6 Å². The Kier molecular flexibility index (Phi) is 4.23. The number of carboxylic acids is 1. The van der Waals surface area contributed by atoms with Crippen LogP contribution >= 0.6 is 11.3 Å². The van der Waals surface area contributed by atoms with Gasteiger partial charge in [0.05, 0.1) is 10.7 Å². The second kappa shape index (κ2) is 5.92. The van der Waals surface area contributed by atoms with Crippen molar-refractivity contribution in [3.8, 4) is 5.75 Å². The molecule has 0 radical (unpaired) electrons. The Hall–Kier alpha value is -2.41. The number of aromatic hydroxyl groups is 1. The fraction of sp³-hybridized carbons (Fsp3) is 0.214. The van der Waals surface area contributed by atoms with E-state index in [0.717, 1.165) is 9.91 Å². The lowest BCUT2D eigenvalue weighted by molar-refractivity contribution is -0.135. The monoisotopic (exact) mass is 306 g/mol. The number of rotatable bonds is 4. The highest BCUT2D eigenvalue weighted by atomic mass is 32.1. The van der Waals surface area contributed by atoms with Gasteiger partial charge in [0.1, 0.15) is 17.2 Å². The topological polar surface area (TPSA) is 90.7 Å². The SMILES string of the molecule is Cc1nc(C)c(C(=O)N(CC(=O)O)c2ccc(O)cc2)s1. The number of phenols is 1. The molecule has 1 amide bonds. The predicted octanol–water partition coefficient (Wildman–Crippen LogP) is 2.20.